The lowest BCUT2D eigenvalue weighted by Crippen LogP contribution is -2.54. The summed E-state index contributed by atoms with van der Waals surface area (Å²) in [5, 5.41) is 2.55. The summed E-state index contributed by atoms with van der Waals surface area (Å²) in [5.41, 5.74) is -1.54. The highest BCUT2D eigenvalue weighted by Gasteiger charge is 2.41. The van der Waals surface area contributed by atoms with E-state index in [9.17, 15) is 14.0 Å². The fourth-order valence-electron chi connectivity index (χ4n) is 4.07. The van der Waals surface area contributed by atoms with Gasteiger partial charge in [0.15, 0.2) is 23.3 Å². The van der Waals surface area contributed by atoms with Crippen LogP contribution in [0.15, 0.2) is 12.4 Å². The molecule has 2 aromatic rings. The van der Waals surface area contributed by atoms with Gasteiger partial charge in [-0.25, -0.2) is 18.7 Å². The average Bonchev–Trinajstić information content (AvgIpc) is 2.84. The lowest BCUT2D eigenvalue weighted by molar-refractivity contribution is -0.144. The van der Waals surface area contributed by atoms with Crippen LogP contribution < -0.4 is 10.2 Å². The maximum atomic E-state index is 15.2. The molecule has 0 radical (unpaired) electrons. The quantitative estimate of drug-likeness (QED) is 0.264. The Hall–Kier alpha value is -2.86. The smallest absolute Gasteiger partial charge is 0.307 e. The van der Waals surface area contributed by atoms with E-state index >= 15 is 4.39 Å². The van der Waals surface area contributed by atoms with Gasteiger partial charge in [-0.15, -0.1) is 0 Å². The Kier molecular flexibility index (Phi) is 11.2. The minimum atomic E-state index is -0.944. The summed E-state index contributed by atoms with van der Waals surface area (Å²) in [6.07, 6.45) is 1.54. The highest BCUT2D eigenvalue weighted by Crippen LogP contribution is 2.37. The van der Waals surface area contributed by atoms with Gasteiger partial charge in [-0.3, -0.25) is 9.59 Å². The van der Waals surface area contributed by atoms with Crippen LogP contribution in [0.3, 0.4) is 0 Å². The van der Waals surface area contributed by atoms with Crippen LogP contribution in [0.4, 0.5) is 20.4 Å². The Labute approximate surface area is 236 Å². The number of hydrogen-bond donors (Lipinski definition) is 1. The number of hydrogen-bond acceptors (Lipinski definition) is 10. The predicted molar refractivity (Wildman–Crippen MR) is 144 cm³/mol. The largest absolute Gasteiger partial charge is 0.469 e. The first kappa shape index (κ1) is 32.4. The van der Waals surface area contributed by atoms with Crippen molar-refractivity contribution in [2.24, 2.45) is 10.8 Å². The zero-order valence-corrected chi connectivity index (χ0v) is 24.5. The second-order valence-electron chi connectivity index (χ2n) is 10.6. The third-order valence-electron chi connectivity index (χ3n) is 6.15. The molecule has 2 rings (SSSR count). The summed E-state index contributed by atoms with van der Waals surface area (Å²) in [6.45, 7) is 11.1. The number of halogens is 4. The number of anilines is 2. The van der Waals surface area contributed by atoms with Crippen LogP contribution >= 0.6 is 23.2 Å². The molecule has 1 N–H and O–H groups in total. The molecule has 216 valence electrons. The van der Waals surface area contributed by atoms with E-state index in [0.29, 0.717) is 0 Å². The Balaban J connectivity index is 2.63. The normalized spacial score (nSPS) is 13.4. The zero-order chi connectivity index (χ0) is 29.5. The molecule has 2 atom stereocenters. The topological polar surface area (TPSA) is 119 Å². The van der Waals surface area contributed by atoms with Crippen LogP contribution in [0.2, 0.25) is 10.6 Å². The number of methoxy groups -OCH3 is 1. The molecule has 0 aromatic carbocycles. The molecule has 0 aliphatic heterocycles. The Bertz CT molecular complexity index is 1170. The van der Waals surface area contributed by atoms with Gasteiger partial charge in [0.2, 0.25) is 10.6 Å². The lowest BCUT2D eigenvalue weighted by atomic mass is 9.78. The number of nitrogens with zero attached hydrogens (tertiary/aromatic N) is 5. The van der Waals surface area contributed by atoms with E-state index in [-0.39, 0.29) is 48.2 Å². The van der Waals surface area contributed by atoms with E-state index < -0.39 is 46.5 Å². The van der Waals surface area contributed by atoms with E-state index in [4.69, 9.17) is 32.7 Å². The summed E-state index contributed by atoms with van der Waals surface area (Å²) in [7, 11) is 1.26. The molecule has 0 saturated carbocycles. The molecule has 2 unspecified atom stereocenters. The highest BCUT2D eigenvalue weighted by atomic mass is 35.5. The molecule has 39 heavy (non-hydrogen) atoms. The van der Waals surface area contributed by atoms with E-state index in [1.165, 1.54) is 7.11 Å². The van der Waals surface area contributed by atoms with E-state index in [1.54, 1.807) is 25.7 Å². The maximum Gasteiger partial charge on any atom is 0.307 e. The minimum absolute atomic E-state index is 0.0215. The van der Waals surface area contributed by atoms with Gasteiger partial charge in [-0.05, 0) is 35.5 Å². The number of carbonyl (C=O) groups excluding carboxylic acids is 2. The molecule has 2 heterocycles. The van der Waals surface area contributed by atoms with Crippen molar-refractivity contribution in [2.75, 3.05) is 30.5 Å². The van der Waals surface area contributed by atoms with Crippen LogP contribution in [0.5, 0.6) is 0 Å². The van der Waals surface area contributed by atoms with Crippen molar-refractivity contribution in [3.05, 3.63) is 34.6 Å². The molecule has 2 aromatic heterocycles. The molecule has 0 aliphatic carbocycles. The Morgan fingerprint density at radius 2 is 1.59 bits per heavy atom. The molecule has 0 aliphatic rings. The van der Waals surface area contributed by atoms with E-state index in [0.717, 1.165) is 12.4 Å². The lowest BCUT2D eigenvalue weighted by Gasteiger charge is -2.46. The second kappa shape index (κ2) is 13.5. The molecular weight excluding hydrogens is 557 g/mol. The first-order valence-corrected chi connectivity index (χ1v) is 13.0. The van der Waals surface area contributed by atoms with Crippen LogP contribution in [0.25, 0.3) is 0 Å². The molecule has 0 amide bonds. The van der Waals surface area contributed by atoms with Crippen LogP contribution in [-0.2, 0) is 19.1 Å². The maximum absolute atomic E-state index is 15.2. The Morgan fingerprint density at radius 3 is 2.15 bits per heavy atom. The van der Waals surface area contributed by atoms with Gasteiger partial charge in [-0.1, -0.05) is 34.6 Å². The summed E-state index contributed by atoms with van der Waals surface area (Å²) < 4.78 is 39.9. The molecule has 0 spiro atoms. The van der Waals surface area contributed by atoms with Gasteiger partial charge in [-0.2, -0.15) is 9.97 Å². The van der Waals surface area contributed by atoms with Gasteiger partial charge in [0, 0.05) is 24.0 Å². The standard InChI is InChI=1S/C25H34Cl2F2N6O4/c1-8-39-19(37)9-16(32-20-14(28)11-30-22(26)33-20)25(5,6)13-35(21-15(29)12-31-23(27)34-21)17(24(2,3)4)10-18(36)38-7/h11-12,16-17H,8-10,13H2,1-7H3,(H,30,32,33). The van der Waals surface area contributed by atoms with E-state index in [1.807, 2.05) is 20.8 Å². The third kappa shape index (κ3) is 9.10. The third-order valence-corrected chi connectivity index (χ3v) is 6.52. The van der Waals surface area contributed by atoms with Crippen LogP contribution in [-0.4, -0.2) is 64.2 Å². The number of esters is 2. The summed E-state index contributed by atoms with van der Waals surface area (Å²) in [4.78, 5) is 42.0. The second-order valence-corrected chi connectivity index (χ2v) is 11.3. The molecule has 0 fully saturated rings. The van der Waals surface area contributed by atoms with Crippen molar-refractivity contribution < 1.29 is 27.8 Å². The number of nitrogens with one attached hydrogen (secondary N) is 1. The number of carbonyl (C=O) groups is 2. The van der Waals surface area contributed by atoms with Crippen molar-refractivity contribution in [1.29, 1.82) is 0 Å². The van der Waals surface area contributed by atoms with Crippen LogP contribution in [0.1, 0.15) is 54.4 Å². The van der Waals surface area contributed by atoms with Gasteiger partial charge in [0.05, 0.1) is 39.0 Å². The van der Waals surface area contributed by atoms with E-state index in [2.05, 4.69) is 25.3 Å². The summed E-state index contributed by atoms with van der Waals surface area (Å²) in [6, 6.07) is -1.45. The SMILES string of the molecule is CCOC(=O)CC(Nc1nc(Cl)ncc1F)C(C)(C)CN(c1nc(Cl)ncc1F)C(CC(=O)OC)C(C)(C)C. The van der Waals surface area contributed by atoms with Crippen molar-refractivity contribution in [2.45, 2.75) is 66.5 Å². The fraction of sp³-hybridized carbons (Fsp3) is 0.600. The minimum Gasteiger partial charge on any atom is -0.469 e. The molecule has 14 heteroatoms. The molecule has 10 nitrogen and oxygen atoms in total. The zero-order valence-electron chi connectivity index (χ0n) is 23.0. The monoisotopic (exact) mass is 590 g/mol. The number of aromatic nitrogens is 4. The van der Waals surface area contributed by atoms with Crippen LogP contribution in [0, 0.1) is 22.5 Å². The van der Waals surface area contributed by atoms with Crippen molar-refractivity contribution in [1.82, 2.24) is 19.9 Å². The van der Waals surface area contributed by atoms with Gasteiger partial charge < -0.3 is 19.7 Å². The van der Waals surface area contributed by atoms with Crippen molar-refractivity contribution >= 4 is 46.8 Å². The van der Waals surface area contributed by atoms with Gasteiger partial charge in [0.1, 0.15) is 0 Å². The molecular formula is C25H34Cl2F2N6O4. The summed E-state index contributed by atoms with van der Waals surface area (Å²) in [5.74, 6) is -2.98. The first-order chi connectivity index (χ1) is 18.1. The Morgan fingerprint density at radius 1 is 1.00 bits per heavy atom. The highest BCUT2D eigenvalue weighted by molar-refractivity contribution is 6.28. The fourth-order valence-corrected chi connectivity index (χ4v) is 4.33. The molecule has 0 bridgehead atoms. The molecule has 0 saturated heterocycles. The van der Waals surface area contributed by atoms with Crippen molar-refractivity contribution in [3.63, 3.8) is 0 Å². The average molecular weight is 591 g/mol. The van der Waals surface area contributed by atoms with Crippen molar-refractivity contribution in [3.8, 4) is 0 Å². The van der Waals surface area contributed by atoms with Gasteiger partial charge >= 0.3 is 11.9 Å². The number of ether oxygens (including phenoxy) is 2. The van der Waals surface area contributed by atoms with Gasteiger partial charge in [0.25, 0.3) is 0 Å². The summed E-state index contributed by atoms with van der Waals surface area (Å²) >= 11 is 11.9. The first-order valence-electron chi connectivity index (χ1n) is 12.2. The number of rotatable bonds is 12. The predicted octanol–water partition coefficient (Wildman–Crippen LogP) is 5.10.